The molecule has 0 aliphatic heterocycles. The topological polar surface area (TPSA) is 20.3 Å². The minimum absolute atomic E-state index is 0.0854. The van der Waals surface area contributed by atoms with Crippen molar-refractivity contribution >= 4 is 23.2 Å². The Morgan fingerprint density at radius 3 is 2.77 bits per heavy atom. The number of benzene rings is 1. The van der Waals surface area contributed by atoms with Crippen molar-refractivity contribution in [3.05, 3.63) is 29.3 Å². The van der Waals surface area contributed by atoms with Crippen LogP contribution in [0.1, 0.15) is 13.3 Å². The zero-order chi connectivity index (χ0) is 9.84. The van der Waals surface area contributed by atoms with Crippen molar-refractivity contribution in [2.75, 3.05) is 11.9 Å². The predicted octanol–water partition coefficient (Wildman–Crippen LogP) is 2.71. The molecule has 0 fully saturated rings. The second-order valence-electron chi connectivity index (χ2n) is 2.79. The summed E-state index contributed by atoms with van der Waals surface area (Å²) in [5.74, 6) is 0.0854. The highest BCUT2D eigenvalue weighted by Gasteiger charge is 2.07. The van der Waals surface area contributed by atoms with Crippen LogP contribution in [0.5, 0.6) is 0 Å². The Bertz CT molecular complexity index is 312. The summed E-state index contributed by atoms with van der Waals surface area (Å²) in [5.41, 5.74) is 0.833. The van der Waals surface area contributed by atoms with Gasteiger partial charge >= 0.3 is 0 Å². The molecule has 0 aliphatic rings. The van der Waals surface area contributed by atoms with Gasteiger partial charge in [-0.05, 0) is 18.2 Å². The first-order valence-electron chi connectivity index (χ1n) is 4.17. The van der Waals surface area contributed by atoms with E-state index in [-0.39, 0.29) is 5.91 Å². The predicted molar refractivity (Wildman–Crippen MR) is 55.2 cm³/mol. The van der Waals surface area contributed by atoms with Gasteiger partial charge in [0.1, 0.15) is 0 Å². The minimum atomic E-state index is 0.0854. The van der Waals surface area contributed by atoms with Crippen molar-refractivity contribution in [2.24, 2.45) is 0 Å². The Morgan fingerprint density at radius 1 is 1.54 bits per heavy atom. The first kappa shape index (κ1) is 10.1. The monoisotopic (exact) mass is 197 g/mol. The summed E-state index contributed by atoms with van der Waals surface area (Å²) in [7, 11) is 1.75. The largest absolute Gasteiger partial charge is 0.315 e. The first-order valence-corrected chi connectivity index (χ1v) is 4.55. The molecule has 70 valence electrons. The molecule has 0 saturated heterocycles. The Morgan fingerprint density at radius 2 is 2.23 bits per heavy atom. The van der Waals surface area contributed by atoms with E-state index in [9.17, 15) is 4.79 Å². The van der Waals surface area contributed by atoms with Crippen molar-refractivity contribution in [1.82, 2.24) is 0 Å². The Labute approximate surface area is 83.1 Å². The van der Waals surface area contributed by atoms with Gasteiger partial charge in [-0.2, -0.15) is 0 Å². The summed E-state index contributed by atoms with van der Waals surface area (Å²) in [6, 6.07) is 7.25. The molecule has 0 spiro atoms. The fourth-order valence-electron chi connectivity index (χ4n) is 1.07. The first-order chi connectivity index (χ1) is 6.15. The fraction of sp³-hybridized carbons (Fsp3) is 0.300. The van der Waals surface area contributed by atoms with Crippen LogP contribution in [0, 0.1) is 0 Å². The van der Waals surface area contributed by atoms with Crippen molar-refractivity contribution in [3.63, 3.8) is 0 Å². The number of nitrogens with zero attached hydrogens (tertiary/aromatic N) is 1. The highest BCUT2D eigenvalue weighted by molar-refractivity contribution is 6.30. The molecule has 13 heavy (non-hydrogen) atoms. The van der Waals surface area contributed by atoms with Gasteiger partial charge < -0.3 is 4.90 Å². The molecule has 1 aromatic rings. The molecule has 0 aromatic heterocycles. The molecule has 0 radical (unpaired) electrons. The molecule has 1 rings (SSSR count). The number of rotatable bonds is 2. The zero-order valence-corrected chi connectivity index (χ0v) is 8.51. The van der Waals surface area contributed by atoms with E-state index in [0.717, 1.165) is 5.69 Å². The van der Waals surface area contributed by atoms with Crippen LogP contribution in [-0.4, -0.2) is 13.0 Å². The normalized spacial score (nSPS) is 9.77. The maximum absolute atomic E-state index is 11.3. The van der Waals surface area contributed by atoms with Crippen molar-refractivity contribution in [3.8, 4) is 0 Å². The van der Waals surface area contributed by atoms with Crippen LogP contribution in [0.2, 0.25) is 5.02 Å². The number of carbonyl (C=O) groups is 1. The highest BCUT2D eigenvalue weighted by Crippen LogP contribution is 2.18. The summed E-state index contributed by atoms with van der Waals surface area (Å²) >= 11 is 5.80. The van der Waals surface area contributed by atoms with Crippen molar-refractivity contribution in [1.29, 1.82) is 0 Å². The number of hydrogen-bond donors (Lipinski definition) is 0. The van der Waals surface area contributed by atoms with Crippen molar-refractivity contribution < 1.29 is 4.79 Å². The lowest BCUT2D eigenvalue weighted by Crippen LogP contribution is -2.24. The number of amides is 1. The van der Waals surface area contributed by atoms with E-state index < -0.39 is 0 Å². The molecule has 0 N–H and O–H groups in total. The molecular weight excluding hydrogens is 186 g/mol. The highest BCUT2D eigenvalue weighted by atomic mass is 35.5. The molecule has 0 saturated carbocycles. The van der Waals surface area contributed by atoms with Gasteiger partial charge in [0.05, 0.1) is 0 Å². The summed E-state index contributed by atoms with van der Waals surface area (Å²) in [6.07, 6.45) is 0.503. The van der Waals surface area contributed by atoms with E-state index in [0.29, 0.717) is 11.4 Å². The van der Waals surface area contributed by atoms with E-state index in [1.54, 1.807) is 24.1 Å². The SMILES string of the molecule is CCC(=O)N(C)c1cccc(Cl)c1. The number of hydrogen-bond acceptors (Lipinski definition) is 1. The third-order valence-electron chi connectivity index (χ3n) is 1.87. The smallest absolute Gasteiger partial charge is 0.226 e. The summed E-state index contributed by atoms with van der Waals surface area (Å²) in [6.45, 7) is 1.84. The Hall–Kier alpha value is -1.02. The summed E-state index contributed by atoms with van der Waals surface area (Å²) < 4.78 is 0. The molecule has 0 atom stereocenters. The average Bonchev–Trinajstić information content (AvgIpc) is 2.15. The summed E-state index contributed by atoms with van der Waals surface area (Å²) in [4.78, 5) is 12.9. The zero-order valence-electron chi connectivity index (χ0n) is 7.75. The van der Waals surface area contributed by atoms with Crippen LogP contribution >= 0.6 is 11.6 Å². The third-order valence-corrected chi connectivity index (χ3v) is 2.11. The van der Waals surface area contributed by atoms with E-state index in [1.807, 2.05) is 19.1 Å². The molecule has 1 aromatic carbocycles. The standard InChI is InChI=1S/C10H12ClNO/c1-3-10(13)12(2)9-6-4-5-8(11)7-9/h4-7H,3H2,1-2H3. The molecule has 0 heterocycles. The number of halogens is 1. The molecule has 3 heteroatoms. The molecule has 0 aliphatic carbocycles. The van der Waals surface area contributed by atoms with E-state index >= 15 is 0 Å². The van der Waals surface area contributed by atoms with Gasteiger partial charge in [-0.15, -0.1) is 0 Å². The third kappa shape index (κ3) is 2.46. The molecular formula is C10H12ClNO. The van der Waals surface area contributed by atoms with Crippen LogP contribution in [0.3, 0.4) is 0 Å². The number of carbonyl (C=O) groups excluding carboxylic acids is 1. The minimum Gasteiger partial charge on any atom is -0.315 e. The van der Waals surface area contributed by atoms with Crippen molar-refractivity contribution in [2.45, 2.75) is 13.3 Å². The quantitative estimate of drug-likeness (QED) is 0.714. The van der Waals surface area contributed by atoms with Gasteiger partial charge in [0.25, 0.3) is 0 Å². The fourth-order valence-corrected chi connectivity index (χ4v) is 1.25. The van der Waals surface area contributed by atoms with Gasteiger partial charge in [0.2, 0.25) is 5.91 Å². The van der Waals surface area contributed by atoms with Crippen LogP contribution in [0.4, 0.5) is 5.69 Å². The van der Waals surface area contributed by atoms with Gasteiger partial charge in [0.15, 0.2) is 0 Å². The lowest BCUT2D eigenvalue weighted by molar-refractivity contribution is -0.118. The van der Waals surface area contributed by atoms with Crippen LogP contribution in [-0.2, 0) is 4.79 Å². The molecule has 0 unspecified atom stereocenters. The molecule has 1 amide bonds. The van der Waals surface area contributed by atoms with E-state index in [1.165, 1.54) is 0 Å². The Balaban J connectivity index is 2.88. The van der Waals surface area contributed by atoms with Crippen LogP contribution in [0.15, 0.2) is 24.3 Å². The number of anilines is 1. The van der Waals surface area contributed by atoms with Gasteiger partial charge in [-0.1, -0.05) is 24.6 Å². The lowest BCUT2D eigenvalue weighted by atomic mass is 10.3. The van der Waals surface area contributed by atoms with E-state index in [2.05, 4.69) is 0 Å². The average molecular weight is 198 g/mol. The second kappa shape index (κ2) is 4.28. The maximum Gasteiger partial charge on any atom is 0.226 e. The van der Waals surface area contributed by atoms with Gasteiger partial charge in [-0.3, -0.25) is 4.79 Å². The molecule has 0 bridgehead atoms. The van der Waals surface area contributed by atoms with Crippen LogP contribution < -0.4 is 4.90 Å². The maximum atomic E-state index is 11.3. The summed E-state index contributed by atoms with van der Waals surface area (Å²) in [5, 5.41) is 0.647. The molecule has 2 nitrogen and oxygen atoms in total. The van der Waals surface area contributed by atoms with Gasteiger partial charge in [-0.25, -0.2) is 0 Å². The Kier molecular flexibility index (Phi) is 3.32. The van der Waals surface area contributed by atoms with E-state index in [4.69, 9.17) is 11.6 Å². The van der Waals surface area contributed by atoms with Crippen LogP contribution in [0.25, 0.3) is 0 Å². The second-order valence-corrected chi connectivity index (χ2v) is 3.22. The lowest BCUT2D eigenvalue weighted by Gasteiger charge is -2.16. The van der Waals surface area contributed by atoms with Gasteiger partial charge in [0, 0.05) is 24.2 Å².